The molecular weight excluding hydrogens is 254 g/mol. The fourth-order valence-electron chi connectivity index (χ4n) is 2.25. The number of rotatable bonds is 4. The standard InChI is InChI=1S/C16H21NO3/c1-12(2)20-16(19)14-5-3-13(4-6-14)11-17-9-7-15(18)8-10-17/h3-6,12H,7-11H2,1-2H3. The van der Waals surface area contributed by atoms with Crippen molar-refractivity contribution in [1.82, 2.24) is 4.90 Å². The number of benzene rings is 1. The van der Waals surface area contributed by atoms with Crippen molar-refractivity contribution in [3.63, 3.8) is 0 Å². The number of piperidine rings is 1. The van der Waals surface area contributed by atoms with Gasteiger partial charge >= 0.3 is 5.97 Å². The van der Waals surface area contributed by atoms with E-state index in [0.717, 1.165) is 25.2 Å². The maximum absolute atomic E-state index is 11.7. The number of ether oxygens (including phenoxy) is 1. The summed E-state index contributed by atoms with van der Waals surface area (Å²) in [6.07, 6.45) is 1.20. The molecule has 1 aromatic rings. The van der Waals surface area contributed by atoms with Gasteiger partial charge in [0, 0.05) is 32.5 Å². The molecule has 0 atom stereocenters. The molecule has 1 heterocycles. The van der Waals surface area contributed by atoms with Gasteiger partial charge in [0.15, 0.2) is 0 Å². The smallest absolute Gasteiger partial charge is 0.338 e. The van der Waals surface area contributed by atoms with Crippen molar-refractivity contribution in [3.8, 4) is 0 Å². The highest BCUT2D eigenvalue weighted by Gasteiger charge is 2.16. The molecule has 1 aliphatic rings. The van der Waals surface area contributed by atoms with Gasteiger partial charge in [0.1, 0.15) is 5.78 Å². The summed E-state index contributed by atoms with van der Waals surface area (Å²) in [7, 11) is 0. The number of likely N-dealkylation sites (tertiary alicyclic amines) is 1. The van der Waals surface area contributed by atoms with Crippen molar-refractivity contribution < 1.29 is 14.3 Å². The van der Waals surface area contributed by atoms with Gasteiger partial charge in [-0.05, 0) is 31.5 Å². The van der Waals surface area contributed by atoms with Gasteiger partial charge in [0.25, 0.3) is 0 Å². The molecule has 0 bridgehead atoms. The molecule has 0 unspecified atom stereocenters. The molecule has 1 aromatic carbocycles. The van der Waals surface area contributed by atoms with Crippen LogP contribution in [0, 0.1) is 0 Å². The van der Waals surface area contributed by atoms with Crippen LogP contribution >= 0.6 is 0 Å². The van der Waals surface area contributed by atoms with Gasteiger partial charge in [-0.3, -0.25) is 9.69 Å². The minimum Gasteiger partial charge on any atom is -0.459 e. The van der Waals surface area contributed by atoms with Crippen LogP contribution in [-0.4, -0.2) is 35.8 Å². The average molecular weight is 275 g/mol. The van der Waals surface area contributed by atoms with Gasteiger partial charge < -0.3 is 4.74 Å². The Morgan fingerprint density at radius 2 is 1.80 bits per heavy atom. The topological polar surface area (TPSA) is 46.6 Å². The van der Waals surface area contributed by atoms with E-state index in [4.69, 9.17) is 4.74 Å². The van der Waals surface area contributed by atoms with E-state index in [1.54, 1.807) is 12.1 Å². The first-order valence-corrected chi connectivity index (χ1v) is 7.08. The quantitative estimate of drug-likeness (QED) is 0.792. The molecule has 0 N–H and O–H groups in total. The summed E-state index contributed by atoms with van der Waals surface area (Å²) >= 11 is 0. The van der Waals surface area contributed by atoms with Gasteiger partial charge in [-0.25, -0.2) is 4.79 Å². The summed E-state index contributed by atoms with van der Waals surface area (Å²) in [6, 6.07) is 7.50. The summed E-state index contributed by atoms with van der Waals surface area (Å²) < 4.78 is 5.15. The minimum absolute atomic E-state index is 0.104. The molecule has 0 aliphatic carbocycles. The summed E-state index contributed by atoms with van der Waals surface area (Å²) in [5, 5.41) is 0. The first kappa shape index (κ1) is 14.7. The molecule has 0 amide bonds. The van der Waals surface area contributed by atoms with Crippen molar-refractivity contribution in [3.05, 3.63) is 35.4 Å². The molecule has 0 saturated carbocycles. The van der Waals surface area contributed by atoms with E-state index in [-0.39, 0.29) is 12.1 Å². The monoisotopic (exact) mass is 275 g/mol. The molecular formula is C16H21NO3. The lowest BCUT2D eigenvalue weighted by Crippen LogP contribution is -2.33. The SMILES string of the molecule is CC(C)OC(=O)c1ccc(CN2CCC(=O)CC2)cc1. The number of esters is 1. The van der Waals surface area contributed by atoms with Gasteiger partial charge in [-0.15, -0.1) is 0 Å². The summed E-state index contributed by atoms with van der Waals surface area (Å²) in [6.45, 7) is 6.16. The summed E-state index contributed by atoms with van der Waals surface area (Å²) in [4.78, 5) is 25.2. The zero-order valence-corrected chi connectivity index (χ0v) is 12.1. The highest BCUT2D eigenvalue weighted by molar-refractivity contribution is 5.89. The Morgan fingerprint density at radius 3 is 2.35 bits per heavy atom. The highest BCUT2D eigenvalue weighted by Crippen LogP contribution is 2.13. The van der Waals surface area contributed by atoms with Crippen molar-refractivity contribution in [2.45, 2.75) is 39.3 Å². The number of hydrogen-bond acceptors (Lipinski definition) is 4. The second-order valence-electron chi connectivity index (χ2n) is 5.47. The lowest BCUT2D eigenvalue weighted by molar-refractivity contribution is -0.121. The molecule has 4 heteroatoms. The maximum atomic E-state index is 11.7. The number of carbonyl (C=O) groups is 2. The Hall–Kier alpha value is -1.68. The molecule has 20 heavy (non-hydrogen) atoms. The lowest BCUT2D eigenvalue weighted by Gasteiger charge is -2.25. The van der Waals surface area contributed by atoms with E-state index in [9.17, 15) is 9.59 Å². The van der Waals surface area contributed by atoms with Crippen molar-refractivity contribution in [1.29, 1.82) is 0 Å². The van der Waals surface area contributed by atoms with E-state index >= 15 is 0 Å². The Balaban J connectivity index is 1.91. The predicted molar refractivity (Wildman–Crippen MR) is 76.5 cm³/mol. The van der Waals surface area contributed by atoms with Crippen LogP contribution in [0.2, 0.25) is 0 Å². The average Bonchev–Trinajstić information content (AvgIpc) is 2.41. The molecule has 0 spiro atoms. The zero-order valence-electron chi connectivity index (χ0n) is 12.1. The maximum Gasteiger partial charge on any atom is 0.338 e. The second-order valence-corrected chi connectivity index (χ2v) is 5.47. The summed E-state index contributed by atoms with van der Waals surface area (Å²) in [5.74, 6) is 0.0724. The fourth-order valence-corrected chi connectivity index (χ4v) is 2.25. The second kappa shape index (κ2) is 6.66. The number of nitrogens with zero attached hydrogens (tertiary/aromatic N) is 1. The zero-order chi connectivity index (χ0) is 14.5. The Labute approximate surface area is 119 Å². The largest absolute Gasteiger partial charge is 0.459 e. The minimum atomic E-state index is -0.282. The molecule has 2 rings (SSSR count). The van der Waals surface area contributed by atoms with Crippen molar-refractivity contribution >= 4 is 11.8 Å². The van der Waals surface area contributed by atoms with Crippen molar-refractivity contribution in [2.75, 3.05) is 13.1 Å². The lowest BCUT2D eigenvalue weighted by atomic mass is 10.1. The Bertz CT molecular complexity index is 469. The van der Waals surface area contributed by atoms with E-state index in [1.807, 2.05) is 26.0 Å². The Kier molecular flexibility index (Phi) is 4.90. The first-order valence-electron chi connectivity index (χ1n) is 7.08. The van der Waals surface area contributed by atoms with Gasteiger partial charge in [-0.2, -0.15) is 0 Å². The normalized spacial score (nSPS) is 16.4. The van der Waals surface area contributed by atoms with Crippen LogP contribution in [0.15, 0.2) is 24.3 Å². The van der Waals surface area contributed by atoms with Crippen LogP contribution in [0.1, 0.15) is 42.6 Å². The third kappa shape index (κ3) is 4.17. The van der Waals surface area contributed by atoms with Crippen molar-refractivity contribution in [2.24, 2.45) is 0 Å². The fraction of sp³-hybridized carbons (Fsp3) is 0.500. The molecule has 4 nitrogen and oxygen atoms in total. The number of ketones is 1. The van der Waals surface area contributed by atoms with Crippen LogP contribution < -0.4 is 0 Å². The van der Waals surface area contributed by atoms with Crippen LogP contribution in [0.25, 0.3) is 0 Å². The summed E-state index contributed by atoms with van der Waals surface area (Å²) in [5.41, 5.74) is 1.73. The predicted octanol–water partition coefficient (Wildman–Crippen LogP) is 2.42. The molecule has 1 saturated heterocycles. The number of carbonyl (C=O) groups excluding carboxylic acids is 2. The number of Topliss-reactive ketones (excluding diaryl/α,β-unsaturated/α-hetero) is 1. The van der Waals surface area contributed by atoms with Gasteiger partial charge in [0.05, 0.1) is 11.7 Å². The molecule has 108 valence electrons. The van der Waals surface area contributed by atoms with E-state index < -0.39 is 0 Å². The Morgan fingerprint density at radius 1 is 1.20 bits per heavy atom. The van der Waals surface area contributed by atoms with Crippen LogP contribution in [-0.2, 0) is 16.1 Å². The van der Waals surface area contributed by atoms with Crippen LogP contribution in [0.4, 0.5) is 0 Å². The molecule has 0 radical (unpaired) electrons. The highest BCUT2D eigenvalue weighted by atomic mass is 16.5. The molecule has 1 fully saturated rings. The molecule has 1 aliphatic heterocycles. The molecule has 0 aromatic heterocycles. The van der Waals surface area contributed by atoms with Crippen LogP contribution in [0.3, 0.4) is 0 Å². The first-order chi connectivity index (χ1) is 9.54. The van der Waals surface area contributed by atoms with Gasteiger partial charge in [-0.1, -0.05) is 12.1 Å². The third-order valence-electron chi connectivity index (χ3n) is 3.35. The van der Waals surface area contributed by atoms with Crippen LogP contribution in [0.5, 0.6) is 0 Å². The third-order valence-corrected chi connectivity index (χ3v) is 3.35. The van der Waals surface area contributed by atoms with E-state index in [2.05, 4.69) is 4.90 Å². The van der Waals surface area contributed by atoms with Gasteiger partial charge in [0.2, 0.25) is 0 Å². The number of hydrogen-bond donors (Lipinski definition) is 0. The van der Waals surface area contributed by atoms with E-state index in [0.29, 0.717) is 24.2 Å². The van der Waals surface area contributed by atoms with E-state index in [1.165, 1.54) is 0 Å².